The molecule has 1 amide bonds. The van der Waals surface area contributed by atoms with Crippen LogP contribution in [0.25, 0.3) is 10.9 Å². The molecule has 2 N–H and O–H groups in total. The number of fused-ring (bicyclic) bond motifs is 1. The van der Waals surface area contributed by atoms with Crippen molar-refractivity contribution >= 4 is 22.5 Å². The molecule has 1 saturated heterocycles. The molecule has 3 aromatic rings. The first-order chi connectivity index (χ1) is 16.2. The number of nitrogens with zero attached hydrogens (tertiary/aromatic N) is 4. The van der Waals surface area contributed by atoms with Gasteiger partial charge in [-0.15, -0.1) is 0 Å². The number of hydrogen-bond acceptors (Lipinski definition) is 6. The number of aromatic nitrogens is 3. The first kappa shape index (κ1) is 23.6. The monoisotopic (exact) mass is 468 g/mol. The minimum Gasteiger partial charge on any atom is -0.365 e. The third kappa shape index (κ3) is 4.33. The van der Waals surface area contributed by atoms with Gasteiger partial charge >= 0.3 is 5.69 Å². The number of carbonyl (C=O) groups excluding carboxylic acids is 1. The van der Waals surface area contributed by atoms with E-state index in [0.29, 0.717) is 17.8 Å². The quantitative estimate of drug-likeness (QED) is 0.590. The summed E-state index contributed by atoms with van der Waals surface area (Å²) in [5, 5.41) is 2.49. The third-order valence-electron chi connectivity index (χ3n) is 6.36. The van der Waals surface area contributed by atoms with Crippen molar-refractivity contribution in [3.63, 3.8) is 0 Å². The Balaban J connectivity index is 1.52. The van der Waals surface area contributed by atoms with Gasteiger partial charge in [0.1, 0.15) is 11.5 Å². The second-order valence-corrected chi connectivity index (χ2v) is 8.64. The average Bonchev–Trinajstić information content (AvgIpc) is 2.78. The molecule has 9 nitrogen and oxygen atoms in total. The van der Waals surface area contributed by atoms with Gasteiger partial charge in [-0.25, -0.2) is 14.2 Å². The summed E-state index contributed by atoms with van der Waals surface area (Å²) in [7, 11) is 1.58. The molecule has 1 aromatic carbocycles. The van der Waals surface area contributed by atoms with Gasteiger partial charge < -0.3 is 15.2 Å². The molecule has 2 aromatic heterocycles. The highest BCUT2D eigenvalue weighted by Crippen LogP contribution is 2.25. The van der Waals surface area contributed by atoms with Crippen molar-refractivity contribution in [1.82, 2.24) is 24.8 Å². The Morgan fingerprint density at radius 3 is 2.68 bits per heavy atom. The number of benzene rings is 1. The number of aryl methyl sites for hydroxylation is 1. The summed E-state index contributed by atoms with van der Waals surface area (Å²) in [4.78, 5) is 48.0. The summed E-state index contributed by atoms with van der Waals surface area (Å²) >= 11 is 0. The number of nitrogens with one attached hydrogen (secondary N) is 2. The second-order valence-electron chi connectivity index (χ2n) is 8.64. The zero-order valence-corrected chi connectivity index (χ0v) is 19.8. The molecule has 0 radical (unpaired) electrons. The summed E-state index contributed by atoms with van der Waals surface area (Å²) in [6.45, 7) is 8.59. The minimum absolute atomic E-state index is 0.0911. The maximum Gasteiger partial charge on any atom is 0.328 e. The SMILES string of the molecule is CCn1c(=O)[nH]c2cc(CN3CCN(c4ccc(C(=O)NC)nc4C)C(C)C3)cc(F)c2c1=O. The Labute approximate surface area is 196 Å². The fourth-order valence-corrected chi connectivity index (χ4v) is 4.67. The number of pyridine rings is 1. The molecule has 4 rings (SSSR count). The van der Waals surface area contributed by atoms with E-state index in [1.54, 1.807) is 26.1 Å². The van der Waals surface area contributed by atoms with Gasteiger partial charge in [0, 0.05) is 45.8 Å². The number of amides is 1. The topological polar surface area (TPSA) is 103 Å². The molecular formula is C24H29FN6O3. The largest absolute Gasteiger partial charge is 0.365 e. The van der Waals surface area contributed by atoms with Gasteiger partial charge in [-0.2, -0.15) is 0 Å². The lowest BCUT2D eigenvalue weighted by atomic mass is 10.1. The van der Waals surface area contributed by atoms with Crippen molar-refractivity contribution in [2.45, 2.75) is 39.9 Å². The first-order valence-electron chi connectivity index (χ1n) is 11.4. The number of piperazine rings is 1. The molecule has 1 aliphatic rings. The fourth-order valence-electron chi connectivity index (χ4n) is 4.67. The van der Waals surface area contributed by atoms with Crippen molar-refractivity contribution in [3.05, 3.63) is 67.9 Å². The van der Waals surface area contributed by atoms with Gasteiger partial charge in [0.15, 0.2) is 0 Å². The summed E-state index contributed by atoms with van der Waals surface area (Å²) in [5.74, 6) is -0.842. The number of hydrogen-bond donors (Lipinski definition) is 2. The van der Waals surface area contributed by atoms with E-state index >= 15 is 0 Å². The van der Waals surface area contributed by atoms with Crippen molar-refractivity contribution in [2.75, 3.05) is 31.6 Å². The number of anilines is 1. The molecule has 3 heterocycles. The van der Waals surface area contributed by atoms with Crippen LogP contribution in [0, 0.1) is 12.7 Å². The maximum absolute atomic E-state index is 14.8. The highest BCUT2D eigenvalue weighted by atomic mass is 19.1. The van der Waals surface area contributed by atoms with Gasteiger partial charge in [0.2, 0.25) is 0 Å². The molecule has 0 spiro atoms. The molecule has 34 heavy (non-hydrogen) atoms. The molecular weight excluding hydrogens is 439 g/mol. The van der Waals surface area contributed by atoms with Gasteiger partial charge in [0.05, 0.1) is 22.3 Å². The predicted octanol–water partition coefficient (Wildman–Crippen LogP) is 1.62. The average molecular weight is 469 g/mol. The Hall–Kier alpha value is -3.53. The van der Waals surface area contributed by atoms with Crippen LogP contribution in [0.3, 0.4) is 0 Å². The standard InChI is InChI=1S/C24H29FN6O3/c1-5-30-23(33)21-17(25)10-16(11-19(21)28-24(30)34)13-29-8-9-31(14(2)12-29)20-7-6-18(22(32)26-4)27-15(20)3/h6-7,10-11,14H,5,8-9,12-13H2,1-4H3,(H,26,32)(H,28,34). The van der Waals surface area contributed by atoms with E-state index in [4.69, 9.17) is 0 Å². The summed E-state index contributed by atoms with van der Waals surface area (Å²) in [6.07, 6.45) is 0. The number of carbonyl (C=O) groups is 1. The van der Waals surface area contributed by atoms with Crippen molar-refractivity contribution < 1.29 is 9.18 Å². The second kappa shape index (κ2) is 9.38. The number of rotatable bonds is 5. The molecule has 1 aliphatic heterocycles. The van der Waals surface area contributed by atoms with Crippen LogP contribution < -0.4 is 21.5 Å². The molecule has 1 atom stereocenters. The summed E-state index contributed by atoms with van der Waals surface area (Å²) in [6, 6.07) is 6.89. The molecule has 1 fully saturated rings. The highest BCUT2D eigenvalue weighted by Gasteiger charge is 2.26. The van der Waals surface area contributed by atoms with Crippen LogP contribution >= 0.6 is 0 Å². The van der Waals surface area contributed by atoms with Gasteiger partial charge in [-0.05, 0) is 50.6 Å². The normalized spacial score (nSPS) is 16.7. The van der Waals surface area contributed by atoms with Crippen LogP contribution in [0.5, 0.6) is 0 Å². The Kier molecular flexibility index (Phi) is 6.52. The van der Waals surface area contributed by atoms with E-state index in [1.807, 2.05) is 13.0 Å². The Bertz CT molecular complexity index is 1370. The van der Waals surface area contributed by atoms with E-state index in [1.165, 1.54) is 6.07 Å². The van der Waals surface area contributed by atoms with Crippen molar-refractivity contribution in [3.8, 4) is 0 Å². The molecule has 0 aliphatic carbocycles. The Morgan fingerprint density at radius 1 is 1.26 bits per heavy atom. The molecule has 180 valence electrons. The van der Waals surface area contributed by atoms with Crippen molar-refractivity contribution in [2.24, 2.45) is 0 Å². The van der Waals surface area contributed by atoms with E-state index in [2.05, 4.69) is 32.0 Å². The van der Waals surface area contributed by atoms with Gasteiger partial charge in [0.25, 0.3) is 11.5 Å². The van der Waals surface area contributed by atoms with Crippen LogP contribution in [-0.2, 0) is 13.1 Å². The van der Waals surface area contributed by atoms with Crippen LogP contribution in [0.4, 0.5) is 10.1 Å². The fraction of sp³-hybridized carbons (Fsp3) is 0.417. The number of aromatic amines is 1. The summed E-state index contributed by atoms with van der Waals surface area (Å²) in [5.41, 5.74) is 1.93. The van der Waals surface area contributed by atoms with Crippen LogP contribution in [0.2, 0.25) is 0 Å². The number of H-pyrrole nitrogens is 1. The zero-order chi connectivity index (χ0) is 24.6. The van der Waals surface area contributed by atoms with E-state index in [-0.39, 0.29) is 29.4 Å². The van der Waals surface area contributed by atoms with Gasteiger partial charge in [-0.3, -0.25) is 19.1 Å². The minimum atomic E-state index is -0.625. The molecule has 0 bridgehead atoms. The van der Waals surface area contributed by atoms with Crippen molar-refractivity contribution in [1.29, 1.82) is 0 Å². The third-order valence-corrected chi connectivity index (χ3v) is 6.36. The highest BCUT2D eigenvalue weighted by molar-refractivity contribution is 5.92. The zero-order valence-electron chi connectivity index (χ0n) is 19.8. The number of halogens is 1. The maximum atomic E-state index is 14.8. The molecule has 0 saturated carbocycles. The Morgan fingerprint density at radius 2 is 2.03 bits per heavy atom. The first-order valence-corrected chi connectivity index (χ1v) is 11.4. The summed E-state index contributed by atoms with van der Waals surface area (Å²) < 4.78 is 15.8. The van der Waals surface area contributed by atoms with Crippen LogP contribution in [0.15, 0.2) is 33.9 Å². The van der Waals surface area contributed by atoms with Crippen LogP contribution in [-0.4, -0.2) is 58.1 Å². The van der Waals surface area contributed by atoms with E-state index in [9.17, 15) is 18.8 Å². The smallest absolute Gasteiger partial charge is 0.328 e. The lowest BCUT2D eigenvalue weighted by molar-refractivity contribution is 0.0958. The van der Waals surface area contributed by atoms with E-state index in [0.717, 1.165) is 35.6 Å². The van der Waals surface area contributed by atoms with Crippen LogP contribution in [0.1, 0.15) is 35.6 Å². The molecule has 1 unspecified atom stereocenters. The van der Waals surface area contributed by atoms with Gasteiger partial charge in [-0.1, -0.05) is 0 Å². The lowest BCUT2D eigenvalue weighted by Gasteiger charge is -2.41. The lowest BCUT2D eigenvalue weighted by Crippen LogP contribution is -2.51. The molecule has 10 heteroatoms. The van der Waals surface area contributed by atoms with E-state index < -0.39 is 17.1 Å². The predicted molar refractivity (Wildman–Crippen MR) is 129 cm³/mol.